The van der Waals surface area contributed by atoms with Crippen LogP contribution < -0.4 is 10.6 Å². The number of amides is 1. The second-order valence-corrected chi connectivity index (χ2v) is 9.65. The third-order valence-corrected chi connectivity index (χ3v) is 6.42. The van der Waals surface area contributed by atoms with Crippen molar-refractivity contribution >= 4 is 6.09 Å². The number of alkyl halides is 3. The number of hydrogen-bond donors (Lipinski definition) is 3. The number of nitrogens with one attached hydrogen (secondary N) is 2. The SMILES string of the molecule is C=CCCCc1ccc(C(F)(F)F)cc1CNC[C@@H](O)[C@H](Cc1cc(F)cc(F)c1)NC(=O)OCc1ccccc1. The summed E-state index contributed by atoms with van der Waals surface area (Å²) in [6.07, 6.45) is -3.06. The Labute approximate surface area is 236 Å². The minimum atomic E-state index is -4.51. The van der Waals surface area contributed by atoms with Crippen molar-refractivity contribution in [1.29, 1.82) is 0 Å². The number of carbonyl (C=O) groups excluding carboxylic acids is 1. The fourth-order valence-electron chi connectivity index (χ4n) is 4.33. The van der Waals surface area contributed by atoms with Crippen molar-refractivity contribution in [3.63, 3.8) is 0 Å². The van der Waals surface area contributed by atoms with Gasteiger partial charge in [-0.2, -0.15) is 13.2 Å². The van der Waals surface area contributed by atoms with Crippen LogP contribution in [0.25, 0.3) is 0 Å². The average molecular weight is 577 g/mol. The van der Waals surface area contributed by atoms with E-state index >= 15 is 0 Å². The van der Waals surface area contributed by atoms with Gasteiger partial charge in [-0.1, -0.05) is 42.5 Å². The molecule has 0 saturated carbocycles. The van der Waals surface area contributed by atoms with Gasteiger partial charge in [0.2, 0.25) is 0 Å². The summed E-state index contributed by atoms with van der Waals surface area (Å²) in [6.45, 7) is 3.51. The Kier molecular flexibility index (Phi) is 11.9. The molecule has 3 rings (SSSR count). The molecule has 3 aromatic rings. The molecule has 41 heavy (non-hydrogen) atoms. The van der Waals surface area contributed by atoms with E-state index in [9.17, 15) is 31.9 Å². The van der Waals surface area contributed by atoms with Crippen molar-refractivity contribution in [1.82, 2.24) is 10.6 Å². The number of unbranched alkanes of at least 4 members (excludes halogenated alkanes) is 1. The first-order valence-corrected chi connectivity index (χ1v) is 13.2. The third-order valence-electron chi connectivity index (χ3n) is 6.42. The van der Waals surface area contributed by atoms with E-state index in [0.717, 1.165) is 35.4 Å². The van der Waals surface area contributed by atoms with Crippen LogP contribution >= 0.6 is 0 Å². The standard InChI is InChI=1S/C31H33F5N2O3/c1-2-3-5-10-23-11-12-25(31(34,35)36)16-24(23)18-37-19-29(39)28(15-22-13-26(32)17-27(33)14-22)38-30(40)41-20-21-8-6-4-7-9-21/h2,4,6-9,11-14,16-17,28-29,37,39H,1,3,5,10,15,18-20H2,(H,38,40)/t28-,29+/m0/s1. The van der Waals surface area contributed by atoms with Crippen molar-refractivity contribution in [2.75, 3.05) is 6.54 Å². The summed E-state index contributed by atoms with van der Waals surface area (Å²) in [6, 6.07) is 14.3. The molecule has 0 aliphatic heterocycles. The van der Waals surface area contributed by atoms with Gasteiger partial charge in [0.25, 0.3) is 0 Å². The number of hydrogen-bond acceptors (Lipinski definition) is 4. The predicted molar refractivity (Wildman–Crippen MR) is 146 cm³/mol. The van der Waals surface area contributed by atoms with Crippen molar-refractivity contribution < 1.29 is 36.6 Å². The lowest BCUT2D eigenvalue weighted by Crippen LogP contribution is -2.48. The maximum atomic E-state index is 13.8. The molecule has 3 N–H and O–H groups in total. The quantitative estimate of drug-likeness (QED) is 0.117. The van der Waals surface area contributed by atoms with Gasteiger partial charge in [-0.15, -0.1) is 6.58 Å². The maximum Gasteiger partial charge on any atom is 0.416 e. The normalized spacial score (nSPS) is 12.9. The molecule has 0 aliphatic carbocycles. The molecule has 5 nitrogen and oxygen atoms in total. The highest BCUT2D eigenvalue weighted by Crippen LogP contribution is 2.31. The Balaban J connectivity index is 1.70. The topological polar surface area (TPSA) is 70.6 Å². The zero-order valence-electron chi connectivity index (χ0n) is 22.4. The van der Waals surface area contributed by atoms with Crippen LogP contribution in [0.15, 0.2) is 79.4 Å². The molecule has 2 atom stereocenters. The monoisotopic (exact) mass is 576 g/mol. The van der Waals surface area contributed by atoms with E-state index < -0.39 is 41.6 Å². The molecular formula is C31H33F5N2O3. The van der Waals surface area contributed by atoms with Crippen LogP contribution in [0.5, 0.6) is 0 Å². The number of aliphatic hydroxyl groups is 1. The Morgan fingerprint density at radius 2 is 1.68 bits per heavy atom. The van der Waals surface area contributed by atoms with E-state index in [1.165, 1.54) is 6.07 Å². The summed E-state index contributed by atoms with van der Waals surface area (Å²) in [4.78, 5) is 12.5. The van der Waals surface area contributed by atoms with Crippen molar-refractivity contribution in [2.45, 2.75) is 57.2 Å². The Morgan fingerprint density at radius 3 is 2.34 bits per heavy atom. The highest BCUT2D eigenvalue weighted by molar-refractivity contribution is 5.67. The van der Waals surface area contributed by atoms with Gasteiger partial charge in [-0.3, -0.25) is 0 Å². The van der Waals surface area contributed by atoms with Gasteiger partial charge in [0.15, 0.2) is 0 Å². The molecule has 0 fully saturated rings. The van der Waals surface area contributed by atoms with E-state index in [1.54, 1.807) is 30.3 Å². The number of halogens is 5. The van der Waals surface area contributed by atoms with Gasteiger partial charge in [0.05, 0.1) is 17.7 Å². The molecule has 10 heteroatoms. The van der Waals surface area contributed by atoms with Crippen LogP contribution in [0.3, 0.4) is 0 Å². The lowest BCUT2D eigenvalue weighted by Gasteiger charge is -2.25. The summed E-state index contributed by atoms with van der Waals surface area (Å²) >= 11 is 0. The molecule has 1 amide bonds. The molecule has 0 radical (unpaired) electrons. The van der Waals surface area contributed by atoms with E-state index in [4.69, 9.17) is 4.74 Å². The number of aryl methyl sites for hydroxylation is 1. The predicted octanol–water partition coefficient (Wildman–Crippen LogP) is 6.48. The van der Waals surface area contributed by atoms with E-state index in [1.807, 2.05) is 6.07 Å². The molecule has 0 spiro atoms. The van der Waals surface area contributed by atoms with Crippen LogP contribution in [0.2, 0.25) is 0 Å². The van der Waals surface area contributed by atoms with Gasteiger partial charge in [0, 0.05) is 19.2 Å². The zero-order chi connectivity index (χ0) is 29.8. The first-order chi connectivity index (χ1) is 19.5. The van der Waals surface area contributed by atoms with Crippen molar-refractivity contribution in [2.24, 2.45) is 0 Å². The molecule has 0 aliphatic rings. The fourth-order valence-corrected chi connectivity index (χ4v) is 4.33. The summed E-state index contributed by atoms with van der Waals surface area (Å²) < 4.78 is 72.8. The molecule has 0 unspecified atom stereocenters. The van der Waals surface area contributed by atoms with Gasteiger partial charge in [-0.05, 0) is 72.2 Å². The van der Waals surface area contributed by atoms with E-state index in [0.29, 0.717) is 30.9 Å². The minimum absolute atomic E-state index is 0.0180. The second-order valence-electron chi connectivity index (χ2n) is 9.65. The Bertz CT molecular complexity index is 1260. The largest absolute Gasteiger partial charge is 0.445 e. The number of benzene rings is 3. The molecule has 0 aromatic heterocycles. The number of alkyl carbamates (subject to hydrolysis) is 1. The third kappa shape index (κ3) is 10.6. The summed E-state index contributed by atoms with van der Waals surface area (Å²) in [5, 5.41) is 16.4. The van der Waals surface area contributed by atoms with Crippen LogP contribution in [0, 0.1) is 11.6 Å². The zero-order valence-corrected chi connectivity index (χ0v) is 22.4. The van der Waals surface area contributed by atoms with Gasteiger partial charge in [0.1, 0.15) is 18.2 Å². The second kappa shape index (κ2) is 15.3. The number of ether oxygens (including phenoxy) is 1. The minimum Gasteiger partial charge on any atom is -0.445 e. The molecule has 0 heterocycles. The highest BCUT2D eigenvalue weighted by Gasteiger charge is 2.31. The summed E-state index contributed by atoms with van der Waals surface area (Å²) in [5.74, 6) is -1.63. The lowest BCUT2D eigenvalue weighted by atomic mass is 9.98. The fraction of sp³-hybridized carbons (Fsp3) is 0.323. The number of carbonyl (C=O) groups is 1. The molecule has 3 aromatic carbocycles. The smallest absolute Gasteiger partial charge is 0.416 e. The molecular weight excluding hydrogens is 543 g/mol. The Hall–Kier alpha value is -3.76. The molecule has 220 valence electrons. The summed E-state index contributed by atoms with van der Waals surface area (Å²) in [5.41, 5.74) is 1.30. The first kappa shape index (κ1) is 31.8. The summed E-state index contributed by atoms with van der Waals surface area (Å²) in [7, 11) is 0. The number of rotatable bonds is 14. The van der Waals surface area contributed by atoms with Gasteiger partial charge >= 0.3 is 12.3 Å². The average Bonchev–Trinajstić information content (AvgIpc) is 2.91. The highest BCUT2D eigenvalue weighted by atomic mass is 19.4. The molecule has 0 bridgehead atoms. The van der Waals surface area contributed by atoms with Crippen LogP contribution in [0.4, 0.5) is 26.7 Å². The van der Waals surface area contributed by atoms with Crippen LogP contribution in [-0.4, -0.2) is 29.9 Å². The van der Waals surface area contributed by atoms with E-state index in [-0.39, 0.29) is 31.7 Å². The van der Waals surface area contributed by atoms with Crippen LogP contribution in [0.1, 0.15) is 40.7 Å². The molecule has 0 saturated heterocycles. The first-order valence-electron chi connectivity index (χ1n) is 13.2. The lowest BCUT2D eigenvalue weighted by molar-refractivity contribution is -0.137. The van der Waals surface area contributed by atoms with Gasteiger partial charge < -0.3 is 20.5 Å². The van der Waals surface area contributed by atoms with Crippen molar-refractivity contribution in [3.8, 4) is 0 Å². The number of aliphatic hydroxyl groups excluding tert-OH is 1. The van der Waals surface area contributed by atoms with E-state index in [2.05, 4.69) is 17.2 Å². The Morgan fingerprint density at radius 1 is 0.976 bits per heavy atom. The van der Waals surface area contributed by atoms with Crippen LogP contribution in [-0.2, 0) is 36.9 Å². The number of allylic oxidation sites excluding steroid dienone is 1. The van der Waals surface area contributed by atoms with Crippen molar-refractivity contribution in [3.05, 3.63) is 119 Å². The maximum absolute atomic E-state index is 13.8. The van der Waals surface area contributed by atoms with Gasteiger partial charge in [-0.25, -0.2) is 13.6 Å².